The van der Waals surface area contributed by atoms with Gasteiger partial charge in [0.1, 0.15) is 0 Å². The van der Waals surface area contributed by atoms with Gasteiger partial charge in [0, 0.05) is 11.1 Å². The lowest BCUT2D eigenvalue weighted by Gasteiger charge is -2.31. The predicted octanol–water partition coefficient (Wildman–Crippen LogP) is 4.55. The van der Waals surface area contributed by atoms with Gasteiger partial charge in [0.15, 0.2) is 5.78 Å². The van der Waals surface area contributed by atoms with Crippen molar-refractivity contribution in [2.75, 3.05) is 0 Å². The minimum Gasteiger partial charge on any atom is -0.293 e. The fraction of sp³-hybridized carbons (Fsp3) is 0.400. The Morgan fingerprint density at radius 1 is 1.11 bits per heavy atom. The third kappa shape index (κ3) is 2.44. The number of carbonyl (C=O) groups excluding carboxylic acids is 1. The van der Waals surface area contributed by atoms with Crippen LogP contribution in [-0.4, -0.2) is 12.0 Å². The first-order chi connectivity index (χ1) is 8.88. The Kier molecular flexibility index (Phi) is 3.52. The first-order valence-corrected chi connectivity index (χ1v) is 6.24. The summed E-state index contributed by atoms with van der Waals surface area (Å²) in [4.78, 5) is 12.5. The van der Waals surface area contributed by atoms with Crippen LogP contribution in [0.5, 0.6) is 0 Å². The molecule has 0 radical (unpaired) electrons. The molecule has 1 aromatic rings. The zero-order valence-corrected chi connectivity index (χ0v) is 10.5. The van der Waals surface area contributed by atoms with Gasteiger partial charge in [0.05, 0.1) is 5.41 Å². The molecule has 1 aliphatic rings. The van der Waals surface area contributed by atoms with Crippen molar-refractivity contribution in [2.24, 2.45) is 5.41 Å². The van der Waals surface area contributed by atoms with Crippen molar-refractivity contribution in [1.29, 1.82) is 0 Å². The van der Waals surface area contributed by atoms with Crippen molar-refractivity contribution < 1.29 is 18.0 Å². The van der Waals surface area contributed by atoms with Crippen LogP contribution < -0.4 is 0 Å². The Labute approximate surface area is 110 Å². The molecule has 0 bridgehead atoms. The van der Waals surface area contributed by atoms with E-state index in [9.17, 15) is 18.0 Å². The lowest BCUT2D eigenvalue weighted by molar-refractivity contribution is -0.104. The number of hydrogen-bond donors (Lipinski definition) is 0. The molecular formula is C15H15F3O. The summed E-state index contributed by atoms with van der Waals surface area (Å²) in [6, 6.07) is 8.17. The fourth-order valence-electron chi connectivity index (χ4n) is 2.78. The number of benzene rings is 1. The second kappa shape index (κ2) is 4.83. The minimum atomic E-state index is -4.52. The summed E-state index contributed by atoms with van der Waals surface area (Å²) < 4.78 is 38.9. The number of alkyl halides is 3. The van der Waals surface area contributed by atoms with Crippen molar-refractivity contribution in [3.8, 4) is 0 Å². The van der Waals surface area contributed by atoms with E-state index in [2.05, 4.69) is 6.58 Å². The first kappa shape index (κ1) is 13.8. The summed E-state index contributed by atoms with van der Waals surface area (Å²) in [5.41, 5.74) is -2.03. The van der Waals surface area contributed by atoms with Crippen molar-refractivity contribution >= 4 is 5.78 Å². The standard InChI is InChI=1S/C15H15F3O/c1-11(15(16,17)18)14(9-5-6-10-14)13(19)12-7-3-2-4-8-12/h2-4,7-8H,1,5-6,9-10H2. The topological polar surface area (TPSA) is 17.1 Å². The Hall–Kier alpha value is -1.58. The smallest absolute Gasteiger partial charge is 0.293 e. The van der Waals surface area contributed by atoms with Crippen LogP contribution in [0.15, 0.2) is 42.5 Å². The molecule has 102 valence electrons. The van der Waals surface area contributed by atoms with Gasteiger partial charge < -0.3 is 0 Å². The van der Waals surface area contributed by atoms with Gasteiger partial charge in [-0.25, -0.2) is 0 Å². The normalized spacial score (nSPS) is 18.3. The van der Waals surface area contributed by atoms with E-state index < -0.39 is 22.9 Å². The molecule has 0 unspecified atom stereocenters. The molecule has 1 nitrogen and oxygen atoms in total. The van der Waals surface area contributed by atoms with Gasteiger partial charge in [-0.05, 0) is 12.8 Å². The molecule has 19 heavy (non-hydrogen) atoms. The highest BCUT2D eigenvalue weighted by molar-refractivity contribution is 6.02. The molecule has 0 spiro atoms. The van der Waals surface area contributed by atoms with Gasteiger partial charge in [-0.2, -0.15) is 13.2 Å². The fourth-order valence-corrected chi connectivity index (χ4v) is 2.78. The molecule has 1 fully saturated rings. The maximum absolute atomic E-state index is 13.0. The van der Waals surface area contributed by atoms with Crippen LogP contribution in [-0.2, 0) is 0 Å². The van der Waals surface area contributed by atoms with Gasteiger partial charge in [-0.3, -0.25) is 4.79 Å². The molecule has 1 saturated carbocycles. The van der Waals surface area contributed by atoms with Crippen LogP contribution in [0.25, 0.3) is 0 Å². The lowest BCUT2D eigenvalue weighted by Crippen LogP contribution is -2.36. The molecule has 0 heterocycles. The van der Waals surface area contributed by atoms with Crippen molar-refractivity contribution in [3.05, 3.63) is 48.0 Å². The highest BCUT2D eigenvalue weighted by Crippen LogP contribution is 2.51. The SMILES string of the molecule is C=C(C(F)(F)F)C1(C(=O)c2ccccc2)CCCC1. The highest BCUT2D eigenvalue weighted by atomic mass is 19.4. The Bertz CT molecular complexity index is 482. The highest BCUT2D eigenvalue weighted by Gasteiger charge is 2.52. The third-order valence-electron chi connectivity index (χ3n) is 3.85. The van der Waals surface area contributed by atoms with Gasteiger partial charge in [-0.15, -0.1) is 0 Å². The summed E-state index contributed by atoms with van der Waals surface area (Å²) in [6.07, 6.45) is -2.78. The van der Waals surface area contributed by atoms with E-state index >= 15 is 0 Å². The van der Waals surface area contributed by atoms with E-state index in [0.717, 1.165) is 0 Å². The van der Waals surface area contributed by atoms with Crippen LogP contribution in [0.1, 0.15) is 36.0 Å². The van der Waals surface area contributed by atoms with Crippen LogP contribution in [0.4, 0.5) is 13.2 Å². The van der Waals surface area contributed by atoms with Crippen molar-refractivity contribution in [3.63, 3.8) is 0 Å². The molecule has 1 aliphatic carbocycles. The minimum absolute atomic E-state index is 0.235. The van der Waals surface area contributed by atoms with Crippen molar-refractivity contribution in [1.82, 2.24) is 0 Å². The maximum Gasteiger partial charge on any atom is 0.413 e. The monoisotopic (exact) mass is 268 g/mol. The van der Waals surface area contributed by atoms with Crippen molar-refractivity contribution in [2.45, 2.75) is 31.9 Å². The van der Waals surface area contributed by atoms with E-state index in [4.69, 9.17) is 0 Å². The number of allylic oxidation sites excluding steroid dienone is 1. The summed E-state index contributed by atoms with van der Waals surface area (Å²) in [6.45, 7) is 3.18. The number of Topliss-reactive ketones (excluding diaryl/α,β-unsaturated/α-hetero) is 1. The van der Waals surface area contributed by atoms with Crippen LogP contribution >= 0.6 is 0 Å². The number of carbonyl (C=O) groups is 1. The molecule has 0 saturated heterocycles. The second-order valence-corrected chi connectivity index (χ2v) is 4.96. The molecule has 2 rings (SSSR count). The molecule has 4 heteroatoms. The molecule has 0 atom stereocenters. The summed E-state index contributed by atoms with van der Waals surface area (Å²) in [5.74, 6) is -0.451. The number of halogens is 3. The van der Waals surface area contributed by atoms with Gasteiger partial charge in [0.2, 0.25) is 0 Å². The molecule has 0 amide bonds. The van der Waals surface area contributed by atoms with E-state index in [1.165, 1.54) is 0 Å². The Balaban J connectivity index is 2.41. The van der Waals surface area contributed by atoms with Crippen LogP contribution in [0.3, 0.4) is 0 Å². The average molecular weight is 268 g/mol. The largest absolute Gasteiger partial charge is 0.413 e. The summed E-state index contributed by atoms with van der Waals surface area (Å²) in [7, 11) is 0. The van der Waals surface area contributed by atoms with E-state index in [-0.39, 0.29) is 12.8 Å². The third-order valence-corrected chi connectivity index (χ3v) is 3.85. The first-order valence-electron chi connectivity index (χ1n) is 6.24. The van der Waals surface area contributed by atoms with Gasteiger partial charge in [-0.1, -0.05) is 49.8 Å². The molecule has 0 N–H and O–H groups in total. The summed E-state index contributed by atoms with van der Waals surface area (Å²) >= 11 is 0. The van der Waals surface area contributed by atoms with E-state index in [0.29, 0.717) is 18.4 Å². The Morgan fingerprint density at radius 2 is 1.63 bits per heavy atom. The van der Waals surface area contributed by atoms with Crippen LogP contribution in [0.2, 0.25) is 0 Å². The maximum atomic E-state index is 13.0. The zero-order valence-electron chi connectivity index (χ0n) is 10.5. The average Bonchev–Trinajstić information content (AvgIpc) is 2.87. The molecule has 0 aliphatic heterocycles. The van der Waals surface area contributed by atoms with E-state index in [1.54, 1.807) is 30.3 Å². The number of ketones is 1. The number of hydrogen-bond acceptors (Lipinski definition) is 1. The molecular weight excluding hydrogens is 253 g/mol. The van der Waals surface area contributed by atoms with E-state index in [1.807, 2.05) is 0 Å². The molecule has 1 aromatic carbocycles. The van der Waals surface area contributed by atoms with Gasteiger partial charge in [0.25, 0.3) is 0 Å². The second-order valence-electron chi connectivity index (χ2n) is 4.96. The molecule has 0 aromatic heterocycles. The quantitative estimate of drug-likeness (QED) is 0.580. The Morgan fingerprint density at radius 3 is 2.11 bits per heavy atom. The van der Waals surface area contributed by atoms with Crippen LogP contribution in [0, 0.1) is 5.41 Å². The number of rotatable bonds is 3. The zero-order chi connectivity index (χ0) is 14.1. The summed E-state index contributed by atoms with van der Waals surface area (Å²) in [5, 5.41) is 0. The van der Waals surface area contributed by atoms with Gasteiger partial charge >= 0.3 is 6.18 Å². The predicted molar refractivity (Wildman–Crippen MR) is 66.9 cm³/mol. The lowest BCUT2D eigenvalue weighted by atomic mass is 9.73.